The van der Waals surface area contributed by atoms with Gasteiger partial charge in [0.15, 0.2) is 0 Å². The van der Waals surface area contributed by atoms with E-state index in [0.29, 0.717) is 36.0 Å². The van der Waals surface area contributed by atoms with Crippen LogP contribution in [0.5, 0.6) is 5.75 Å². The van der Waals surface area contributed by atoms with E-state index in [9.17, 15) is 15.0 Å². The highest BCUT2D eigenvalue weighted by molar-refractivity contribution is 5.89. The molecule has 5 aliphatic carbocycles. The van der Waals surface area contributed by atoms with Crippen LogP contribution in [0.2, 0.25) is 0 Å². The lowest BCUT2D eigenvalue weighted by Crippen LogP contribution is -2.75. The molecular weight excluding hydrogens is 486 g/mol. The minimum Gasteiger partial charge on any atom is -0.497 e. The summed E-state index contributed by atoms with van der Waals surface area (Å²) in [6.07, 6.45) is 2.50. The summed E-state index contributed by atoms with van der Waals surface area (Å²) in [5, 5.41) is 25.1. The van der Waals surface area contributed by atoms with E-state index in [1.54, 1.807) is 38.5 Å². The van der Waals surface area contributed by atoms with Crippen LogP contribution in [0.15, 0.2) is 24.3 Å². The highest BCUT2D eigenvalue weighted by Gasteiger charge is 2.84. The second-order valence-corrected chi connectivity index (χ2v) is 12.8. The molecule has 0 unspecified atom stereocenters. The molecule has 5 saturated carbocycles. The Kier molecular flexibility index (Phi) is 5.59. The van der Waals surface area contributed by atoms with Crippen molar-refractivity contribution in [1.29, 1.82) is 0 Å². The molecule has 38 heavy (non-hydrogen) atoms. The summed E-state index contributed by atoms with van der Waals surface area (Å²) in [4.78, 5) is 16.1. The first-order chi connectivity index (χ1) is 18.3. The zero-order chi connectivity index (χ0) is 26.6. The second-order valence-electron chi connectivity index (χ2n) is 12.8. The number of carbonyl (C=O) groups is 1. The van der Waals surface area contributed by atoms with E-state index in [1.165, 1.54) is 0 Å². The van der Waals surface area contributed by atoms with Crippen molar-refractivity contribution in [2.75, 3.05) is 34.4 Å². The van der Waals surface area contributed by atoms with Gasteiger partial charge in [0.25, 0.3) is 0 Å². The number of nitrogens with zero attached hydrogens (tertiary/aromatic N) is 1. The van der Waals surface area contributed by atoms with Gasteiger partial charge in [0.2, 0.25) is 0 Å². The van der Waals surface area contributed by atoms with Crippen molar-refractivity contribution in [3.63, 3.8) is 0 Å². The maximum atomic E-state index is 13.5. The van der Waals surface area contributed by atoms with Gasteiger partial charge < -0.3 is 29.2 Å². The summed E-state index contributed by atoms with van der Waals surface area (Å²) < 4.78 is 23.7. The van der Waals surface area contributed by atoms with Gasteiger partial charge in [-0.05, 0) is 74.2 Å². The molecule has 1 saturated heterocycles. The summed E-state index contributed by atoms with van der Waals surface area (Å²) in [5.74, 6) is 0.810. The Morgan fingerprint density at radius 1 is 0.974 bits per heavy atom. The van der Waals surface area contributed by atoms with Gasteiger partial charge in [-0.25, -0.2) is 4.79 Å². The summed E-state index contributed by atoms with van der Waals surface area (Å²) in [5.41, 5.74) is -2.24. The summed E-state index contributed by atoms with van der Waals surface area (Å²) >= 11 is 0. The van der Waals surface area contributed by atoms with E-state index < -0.39 is 29.4 Å². The van der Waals surface area contributed by atoms with Crippen molar-refractivity contribution in [2.45, 2.75) is 74.6 Å². The van der Waals surface area contributed by atoms with Gasteiger partial charge in [0, 0.05) is 50.5 Å². The summed E-state index contributed by atoms with van der Waals surface area (Å²) in [7, 11) is 5.01. The van der Waals surface area contributed by atoms with Crippen LogP contribution in [-0.4, -0.2) is 91.1 Å². The Morgan fingerprint density at radius 3 is 2.37 bits per heavy atom. The van der Waals surface area contributed by atoms with Crippen molar-refractivity contribution in [3.8, 4) is 5.75 Å². The molecule has 8 heteroatoms. The first-order valence-corrected chi connectivity index (χ1v) is 14.4. The number of esters is 1. The molecule has 0 amide bonds. The Morgan fingerprint density at radius 2 is 1.71 bits per heavy atom. The molecule has 1 aromatic rings. The number of hydrogen-bond donors (Lipinski definition) is 2. The number of benzene rings is 1. The van der Waals surface area contributed by atoms with Gasteiger partial charge >= 0.3 is 5.97 Å². The van der Waals surface area contributed by atoms with Crippen molar-refractivity contribution in [1.82, 2.24) is 4.90 Å². The molecule has 2 N–H and O–H groups in total. The maximum absolute atomic E-state index is 13.5. The molecule has 7 rings (SSSR count). The molecule has 12 atom stereocenters. The third kappa shape index (κ3) is 2.86. The molecule has 8 nitrogen and oxygen atoms in total. The molecule has 1 spiro atoms. The number of methoxy groups -OCH3 is 3. The van der Waals surface area contributed by atoms with Crippen LogP contribution in [0, 0.1) is 35.0 Å². The SMILES string of the molecule is CCN1C[C@@H]2CC[C@H](OC)[C@@]34[C@@H]2C[C@@H]([C@@H]13)[C@@]1(O)C[C@H](OC)[C@]2(O)C[C@@H]4[C@@H]1[C@H]2OC(=O)c1ccc(OC)cc1. The molecule has 1 aromatic carbocycles. The van der Waals surface area contributed by atoms with E-state index in [1.807, 2.05) is 7.11 Å². The number of ether oxygens (including phenoxy) is 4. The highest BCUT2D eigenvalue weighted by Crippen LogP contribution is 2.77. The van der Waals surface area contributed by atoms with E-state index >= 15 is 0 Å². The molecule has 0 radical (unpaired) electrons. The van der Waals surface area contributed by atoms with Crippen molar-refractivity contribution >= 4 is 5.97 Å². The van der Waals surface area contributed by atoms with E-state index in [-0.39, 0.29) is 35.3 Å². The fourth-order valence-electron chi connectivity index (χ4n) is 11.0. The predicted octanol–water partition coefficient (Wildman–Crippen LogP) is 2.50. The first kappa shape index (κ1) is 25.3. The third-order valence-electron chi connectivity index (χ3n) is 12.1. The Labute approximate surface area is 224 Å². The molecular formula is C30H41NO7. The number of hydrogen-bond acceptors (Lipinski definition) is 8. The minimum absolute atomic E-state index is 0.0249. The number of carbonyl (C=O) groups excluding carboxylic acids is 1. The van der Waals surface area contributed by atoms with Crippen LogP contribution in [-0.2, 0) is 14.2 Å². The highest BCUT2D eigenvalue weighted by atomic mass is 16.6. The summed E-state index contributed by atoms with van der Waals surface area (Å²) in [6.45, 7) is 4.23. The molecule has 7 bridgehead atoms. The van der Waals surface area contributed by atoms with Gasteiger partial charge in [-0.3, -0.25) is 4.90 Å². The third-order valence-corrected chi connectivity index (χ3v) is 12.1. The molecule has 6 fully saturated rings. The molecule has 6 aliphatic rings. The zero-order valence-corrected chi connectivity index (χ0v) is 22.8. The Hall–Kier alpha value is -1.71. The van der Waals surface area contributed by atoms with Crippen LogP contribution in [0.25, 0.3) is 0 Å². The standard InChI is InChI=1S/C30H41NO7/c1-5-31-15-17-8-11-22(36-3)30-19(17)12-20(25(30)31)28(33)14-23(37-4)29(34)13-21(30)24(28)26(29)38-27(32)16-6-9-18(35-2)10-7-16/h6-7,9-10,17,19-26,33-34H,5,8,11-15H2,1-4H3/t17-,19+,20-,21+,22-,23-,24+,25+,26+,28-,29+,30-/m0/s1. The topological polar surface area (TPSA) is 97.7 Å². The molecule has 0 aromatic heterocycles. The summed E-state index contributed by atoms with van der Waals surface area (Å²) in [6, 6.07) is 7.01. The monoisotopic (exact) mass is 527 g/mol. The molecule has 208 valence electrons. The van der Waals surface area contributed by atoms with Crippen molar-refractivity contribution in [2.24, 2.45) is 35.0 Å². The van der Waals surface area contributed by atoms with Gasteiger partial charge in [-0.2, -0.15) is 0 Å². The van der Waals surface area contributed by atoms with Crippen LogP contribution in [0.4, 0.5) is 0 Å². The second kappa shape index (κ2) is 8.40. The average molecular weight is 528 g/mol. The van der Waals surface area contributed by atoms with Crippen LogP contribution in [0.1, 0.15) is 49.4 Å². The lowest BCUT2D eigenvalue weighted by Gasteiger charge is -2.67. The van der Waals surface area contributed by atoms with Crippen molar-refractivity contribution in [3.05, 3.63) is 29.8 Å². The van der Waals surface area contributed by atoms with E-state index in [2.05, 4.69) is 11.8 Å². The Bertz CT molecular complexity index is 1110. The number of likely N-dealkylation sites (tertiary alicyclic amines) is 1. The van der Waals surface area contributed by atoms with Crippen LogP contribution >= 0.6 is 0 Å². The maximum Gasteiger partial charge on any atom is 0.338 e. The normalized spacial score (nSPS) is 50.1. The van der Waals surface area contributed by atoms with Crippen molar-refractivity contribution < 1.29 is 34.0 Å². The van der Waals surface area contributed by atoms with Gasteiger partial charge in [0.05, 0.1) is 30.5 Å². The smallest absolute Gasteiger partial charge is 0.338 e. The van der Waals surface area contributed by atoms with Gasteiger partial charge in [-0.15, -0.1) is 0 Å². The largest absolute Gasteiger partial charge is 0.497 e. The number of aliphatic hydroxyl groups is 2. The van der Waals surface area contributed by atoms with Crippen LogP contribution in [0.3, 0.4) is 0 Å². The minimum atomic E-state index is -1.37. The first-order valence-electron chi connectivity index (χ1n) is 14.4. The van der Waals surface area contributed by atoms with Gasteiger partial charge in [0.1, 0.15) is 17.5 Å². The fraction of sp³-hybridized carbons (Fsp3) is 0.767. The lowest BCUT2D eigenvalue weighted by atomic mass is 9.46. The zero-order valence-electron chi connectivity index (χ0n) is 22.8. The fourth-order valence-corrected chi connectivity index (χ4v) is 11.0. The number of fused-ring (bicyclic) bond motifs is 2. The predicted molar refractivity (Wildman–Crippen MR) is 138 cm³/mol. The van der Waals surface area contributed by atoms with E-state index in [0.717, 1.165) is 32.4 Å². The Balaban J connectivity index is 1.35. The quantitative estimate of drug-likeness (QED) is 0.545. The van der Waals surface area contributed by atoms with Crippen LogP contribution < -0.4 is 4.74 Å². The number of rotatable bonds is 6. The lowest BCUT2D eigenvalue weighted by molar-refractivity contribution is -0.271. The average Bonchev–Trinajstić information content (AvgIpc) is 3.31. The van der Waals surface area contributed by atoms with Gasteiger partial charge in [-0.1, -0.05) is 6.92 Å². The van der Waals surface area contributed by atoms with E-state index in [4.69, 9.17) is 18.9 Å². The molecule has 1 heterocycles. The number of piperidine rings is 1. The molecule has 1 aliphatic heterocycles.